The summed E-state index contributed by atoms with van der Waals surface area (Å²) in [5.41, 5.74) is 0.453. The Labute approximate surface area is 126 Å². The van der Waals surface area contributed by atoms with Crippen molar-refractivity contribution in [1.82, 2.24) is 14.9 Å². The van der Waals surface area contributed by atoms with Gasteiger partial charge in [0.1, 0.15) is 5.69 Å². The smallest absolute Gasteiger partial charge is 0.294 e. The van der Waals surface area contributed by atoms with E-state index in [-0.39, 0.29) is 17.2 Å². The van der Waals surface area contributed by atoms with Gasteiger partial charge in [0.25, 0.3) is 11.6 Å². The van der Waals surface area contributed by atoms with Gasteiger partial charge in [-0.1, -0.05) is 0 Å². The van der Waals surface area contributed by atoms with E-state index in [2.05, 4.69) is 10.3 Å². The van der Waals surface area contributed by atoms with Gasteiger partial charge in [-0.25, -0.2) is 4.98 Å². The highest BCUT2D eigenvalue weighted by Crippen LogP contribution is 2.24. The SMILES string of the molecule is COCCCNC(=O)c1ccc(-n2ccnc2)c([N+](=O)[O-])c1. The van der Waals surface area contributed by atoms with Crippen LogP contribution in [0.15, 0.2) is 36.9 Å². The van der Waals surface area contributed by atoms with E-state index in [9.17, 15) is 14.9 Å². The molecular weight excluding hydrogens is 288 g/mol. The van der Waals surface area contributed by atoms with E-state index >= 15 is 0 Å². The molecule has 8 heteroatoms. The third-order valence-corrected chi connectivity index (χ3v) is 3.03. The number of hydrogen-bond acceptors (Lipinski definition) is 5. The molecular formula is C14H16N4O4. The molecule has 0 aliphatic rings. The molecule has 22 heavy (non-hydrogen) atoms. The number of nitrogens with one attached hydrogen (secondary N) is 1. The molecule has 0 aliphatic carbocycles. The molecule has 1 aromatic heterocycles. The van der Waals surface area contributed by atoms with Crippen molar-refractivity contribution in [2.75, 3.05) is 20.3 Å². The van der Waals surface area contributed by atoms with Gasteiger partial charge in [-0.05, 0) is 18.6 Å². The summed E-state index contributed by atoms with van der Waals surface area (Å²) in [5, 5.41) is 13.9. The Balaban J connectivity index is 2.19. The van der Waals surface area contributed by atoms with Crippen LogP contribution in [0.4, 0.5) is 5.69 Å². The Hall–Kier alpha value is -2.74. The number of methoxy groups -OCH3 is 1. The lowest BCUT2D eigenvalue weighted by atomic mass is 10.1. The van der Waals surface area contributed by atoms with E-state index in [0.29, 0.717) is 25.3 Å². The summed E-state index contributed by atoms with van der Waals surface area (Å²) in [6.45, 7) is 0.990. The van der Waals surface area contributed by atoms with E-state index in [1.807, 2.05) is 0 Å². The number of hydrogen-bond donors (Lipinski definition) is 1. The van der Waals surface area contributed by atoms with Crippen molar-refractivity contribution in [3.05, 3.63) is 52.6 Å². The maximum absolute atomic E-state index is 12.0. The van der Waals surface area contributed by atoms with Crippen molar-refractivity contribution in [3.8, 4) is 5.69 Å². The molecule has 0 saturated heterocycles. The number of carbonyl (C=O) groups is 1. The normalized spacial score (nSPS) is 10.4. The van der Waals surface area contributed by atoms with E-state index in [1.165, 1.54) is 29.2 Å². The van der Waals surface area contributed by atoms with Crippen LogP contribution in [0.3, 0.4) is 0 Å². The Morgan fingerprint density at radius 3 is 2.95 bits per heavy atom. The lowest BCUT2D eigenvalue weighted by Gasteiger charge is -2.07. The van der Waals surface area contributed by atoms with Crippen molar-refractivity contribution in [2.45, 2.75) is 6.42 Å². The van der Waals surface area contributed by atoms with Gasteiger partial charge in [-0.2, -0.15) is 0 Å². The topological polar surface area (TPSA) is 99.3 Å². The maximum Gasteiger partial charge on any atom is 0.294 e. The van der Waals surface area contributed by atoms with Crippen LogP contribution >= 0.6 is 0 Å². The number of ether oxygens (including phenoxy) is 1. The fraction of sp³-hybridized carbons (Fsp3) is 0.286. The molecule has 1 N–H and O–H groups in total. The van der Waals surface area contributed by atoms with E-state index in [0.717, 1.165) is 0 Å². The molecule has 0 radical (unpaired) electrons. The van der Waals surface area contributed by atoms with Gasteiger partial charge < -0.3 is 14.6 Å². The van der Waals surface area contributed by atoms with E-state index in [1.54, 1.807) is 19.4 Å². The van der Waals surface area contributed by atoms with Gasteiger partial charge in [-0.15, -0.1) is 0 Å². The summed E-state index contributed by atoms with van der Waals surface area (Å²) in [5.74, 6) is -0.351. The first-order valence-electron chi connectivity index (χ1n) is 6.67. The van der Waals surface area contributed by atoms with Gasteiger partial charge in [0.15, 0.2) is 0 Å². The Kier molecular flexibility index (Phi) is 5.21. The number of amides is 1. The monoisotopic (exact) mass is 304 g/mol. The van der Waals surface area contributed by atoms with Crippen molar-refractivity contribution in [2.24, 2.45) is 0 Å². The molecule has 1 aromatic carbocycles. The van der Waals surface area contributed by atoms with Gasteiger partial charge in [0.05, 0.1) is 11.3 Å². The number of imidazole rings is 1. The summed E-state index contributed by atoms with van der Waals surface area (Å²) in [4.78, 5) is 26.5. The average Bonchev–Trinajstić information content (AvgIpc) is 3.05. The number of benzene rings is 1. The van der Waals surface area contributed by atoms with Crippen LogP contribution in [-0.4, -0.2) is 40.6 Å². The van der Waals surface area contributed by atoms with Crippen molar-refractivity contribution in [3.63, 3.8) is 0 Å². The lowest BCUT2D eigenvalue weighted by Crippen LogP contribution is -2.25. The van der Waals surface area contributed by atoms with Crippen LogP contribution in [0.1, 0.15) is 16.8 Å². The predicted octanol–water partition coefficient (Wildman–Crippen LogP) is 1.55. The third-order valence-electron chi connectivity index (χ3n) is 3.03. The van der Waals surface area contributed by atoms with Crippen LogP contribution in [0.5, 0.6) is 0 Å². The van der Waals surface area contributed by atoms with Crippen LogP contribution < -0.4 is 5.32 Å². The zero-order valence-electron chi connectivity index (χ0n) is 12.1. The van der Waals surface area contributed by atoms with Crippen LogP contribution in [-0.2, 0) is 4.74 Å². The minimum absolute atomic E-state index is 0.150. The summed E-state index contributed by atoms with van der Waals surface area (Å²) < 4.78 is 6.41. The molecule has 0 bridgehead atoms. The highest BCUT2D eigenvalue weighted by atomic mass is 16.6. The quantitative estimate of drug-likeness (QED) is 0.475. The molecule has 8 nitrogen and oxygen atoms in total. The molecule has 1 heterocycles. The first-order chi connectivity index (χ1) is 10.6. The zero-order valence-corrected chi connectivity index (χ0v) is 12.1. The average molecular weight is 304 g/mol. The standard InChI is InChI=1S/C14H16N4O4/c1-22-8-2-5-16-14(19)11-3-4-12(13(9-11)18(20)21)17-7-6-15-10-17/h3-4,6-7,9-10H,2,5,8H2,1H3,(H,16,19). The highest BCUT2D eigenvalue weighted by molar-refractivity contribution is 5.95. The van der Waals surface area contributed by atoms with Gasteiger partial charge in [-0.3, -0.25) is 14.9 Å². The summed E-state index contributed by atoms with van der Waals surface area (Å²) in [7, 11) is 1.58. The Morgan fingerprint density at radius 1 is 1.50 bits per heavy atom. The molecule has 0 spiro atoms. The van der Waals surface area contributed by atoms with E-state index in [4.69, 9.17) is 4.74 Å². The second-order valence-electron chi connectivity index (χ2n) is 4.53. The van der Waals surface area contributed by atoms with Gasteiger partial charge >= 0.3 is 0 Å². The molecule has 116 valence electrons. The number of nitrogens with zero attached hydrogens (tertiary/aromatic N) is 3. The first kappa shape index (κ1) is 15.6. The predicted molar refractivity (Wildman–Crippen MR) is 79.0 cm³/mol. The van der Waals surface area contributed by atoms with Crippen molar-refractivity contribution < 1.29 is 14.5 Å². The second-order valence-corrected chi connectivity index (χ2v) is 4.53. The fourth-order valence-corrected chi connectivity index (χ4v) is 1.95. The summed E-state index contributed by atoms with van der Waals surface area (Å²) in [6, 6.07) is 4.35. The van der Waals surface area contributed by atoms with Gasteiger partial charge in [0, 0.05) is 44.3 Å². The molecule has 2 aromatic rings. The molecule has 0 atom stereocenters. The Morgan fingerprint density at radius 2 is 2.32 bits per heavy atom. The minimum atomic E-state index is -0.517. The third kappa shape index (κ3) is 3.67. The fourth-order valence-electron chi connectivity index (χ4n) is 1.95. The zero-order chi connectivity index (χ0) is 15.9. The lowest BCUT2D eigenvalue weighted by molar-refractivity contribution is -0.384. The first-order valence-corrected chi connectivity index (χ1v) is 6.67. The molecule has 0 aliphatic heterocycles. The summed E-state index contributed by atoms with van der Waals surface area (Å²) >= 11 is 0. The van der Waals surface area contributed by atoms with E-state index < -0.39 is 4.92 Å². The number of carbonyl (C=O) groups excluding carboxylic acids is 1. The number of nitro groups is 1. The molecule has 0 unspecified atom stereocenters. The van der Waals surface area contributed by atoms with Crippen LogP contribution in [0.2, 0.25) is 0 Å². The molecule has 2 rings (SSSR count). The van der Waals surface area contributed by atoms with Crippen LogP contribution in [0.25, 0.3) is 5.69 Å². The minimum Gasteiger partial charge on any atom is -0.385 e. The Bertz CT molecular complexity index is 655. The van der Waals surface area contributed by atoms with Crippen molar-refractivity contribution >= 4 is 11.6 Å². The van der Waals surface area contributed by atoms with Crippen LogP contribution in [0, 0.1) is 10.1 Å². The molecule has 0 saturated carbocycles. The summed E-state index contributed by atoms with van der Waals surface area (Å²) in [6.07, 6.45) is 5.28. The second kappa shape index (κ2) is 7.32. The molecule has 0 fully saturated rings. The van der Waals surface area contributed by atoms with Crippen molar-refractivity contribution in [1.29, 1.82) is 0 Å². The maximum atomic E-state index is 12.0. The van der Waals surface area contributed by atoms with Gasteiger partial charge in [0.2, 0.25) is 0 Å². The molecule has 1 amide bonds. The highest BCUT2D eigenvalue weighted by Gasteiger charge is 2.18. The number of aromatic nitrogens is 2. The number of rotatable bonds is 7. The number of nitro benzene ring substituents is 1. The largest absolute Gasteiger partial charge is 0.385 e.